The summed E-state index contributed by atoms with van der Waals surface area (Å²) < 4.78 is 28.9. The van der Waals surface area contributed by atoms with E-state index < -0.39 is 15.8 Å². The molecule has 122 valence electrons. The van der Waals surface area contributed by atoms with Crippen molar-refractivity contribution in [2.75, 3.05) is 6.26 Å². The molecule has 24 heavy (non-hydrogen) atoms. The maximum Gasteiger partial charge on any atom is 0.343 e. The highest BCUT2D eigenvalue weighted by Crippen LogP contribution is 2.22. The molecule has 3 aromatic rings. The minimum absolute atomic E-state index is 0.135. The molecule has 0 fully saturated rings. The van der Waals surface area contributed by atoms with E-state index in [1.165, 1.54) is 6.07 Å². The van der Waals surface area contributed by atoms with Crippen LogP contribution in [0.4, 0.5) is 0 Å². The molecule has 5 heteroatoms. The van der Waals surface area contributed by atoms with Crippen LogP contribution in [0.2, 0.25) is 0 Å². The summed E-state index contributed by atoms with van der Waals surface area (Å²) in [6, 6.07) is 17.6. The molecule has 0 aliphatic rings. The molecule has 0 spiro atoms. The normalized spacial score (nSPS) is 11.4. The molecular formula is C19H16O4S. The van der Waals surface area contributed by atoms with E-state index in [0.717, 1.165) is 17.0 Å². The fourth-order valence-electron chi connectivity index (χ4n) is 2.52. The van der Waals surface area contributed by atoms with Crippen LogP contribution in [0.3, 0.4) is 0 Å². The van der Waals surface area contributed by atoms with E-state index in [0.29, 0.717) is 11.3 Å². The second-order valence-corrected chi connectivity index (χ2v) is 7.64. The average molecular weight is 340 g/mol. The number of carbonyl (C=O) groups is 1. The highest BCUT2D eigenvalue weighted by molar-refractivity contribution is 7.90. The lowest BCUT2D eigenvalue weighted by molar-refractivity contribution is 0.0734. The first kappa shape index (κ1) is 16.2. The van der Waals surface area contributed by atoms with Crippen LogP contribution in [0.1, 0.15) is 15.9 Å². The van der Waals surface area contributed by atoms with Crippen molar-refractivity contribution in [2.24, 2.45) is 0 Å². The Kier molecular flexibility index (Phi) is 4.11. The van der Waals surface area contributed by atoms with Crippen LogP contribution in [-0.2, 0) is 9.84 Å². The van der Waals surface area contributed by atoms with E-state index in [1.54, 1.807) is 31.2 Å². The average Bonchev–Trinajstić information content (AvgIpc) is 2.54. The molecule has 0 aromatic heterocycles. The summed E-state index contributed by atoms with van der Waals surface area (Å²) in [4.78, 5) is 12.5. The van der Waals surface area contributed by atoms with Gasteiger partial charge in [0.25, 0.3) is 0 Å². The molecule has 0 unspecified atom stereocenters. The zero-order valence-electron chi connectivity index (χ0n) is 13.3. The molecule has 0 amide bonds. The first-order valence-corrected chi connectivity index (χ1v) is 9.25. The summed E-state index contributed by atoms with van der Waals surface area (Å²) in [5, 5.41) is 2.01. The summed E-state index contributed by atoms with van der Waals surface area (Å²) in [6.45, 7) is 1.69. The van der Waals surface area contributed by atoms with E-state index in [4.69, 9.17) is 4.74 Å². The molecule has 0 radical (unpaired) electrons. The first-order chi connectivity index (χ1) is 11.3. The topological polar surface area (TPSA) is 60.4 Å². The third-order valence-electron chi connectivity index (χ3n) is 3.75. The number of esters is 1. The van der Waals surface area contributed by atoms with E-state index >= 15 is 0 Å². The Morgan fingerprint density at radius 2 is 1.62 bits per heavy atom. The molecule has 0 bridgehead atoms. The lowest BCUT2D eigenvalue weighted by Gasteiger charge is -2.08. The van der Waals surface area contributed by atoms with E-state index in [9.17, 15) is 13.2 Å². The number of benzene rings is 3. The third kappa shape index (κ3) is 3.31. The Morgan fingerprint density at radius 1 is 0.917 bits per heavy atom. The molecule has 0 atom stereocenters. The van der Waals surface area contributed by atoms with Crippen LogP contribution in [0.15, 0.2) is 65.6 Å². The molecule has 0 aliphatic carbocycles. The van der Waals surface area contributed by atoms with Crippen molar-refractivity contribution < 1.29 is 17.9 Å². The van der Waals surface area contributed by atoms with Gasteiger partial charge in [-0.25, -0.2) is 13.2 Å². The lowest BCUT2D eigenvalue weighted by atomic mass is 10.1. The van der Waals surface area contributed by atoms with Gasteiger partial charge in [-0.2, -0.15) is 0 Å². The molecule has 4 nitrogen and oxygen atoms in total. The summed E-state index contributed by atoms with van der Waals surface area (Å²) in [5.41, 5.74) is 0.800. The number of sulfone groups is 1. The largest absolute Gasteiger partial charge is 0.423 e. The molecule has 0 heterocycles. The molecular weight excluding hydrogens is 324 g/mol. The predicted molar refractivity (Wildman–Crippen MR) is 93.2 cm³/mol. The Balaban J connectivity index is 1.91. The van der Waals surface area contributed by atoms with Gasteiger partial charge in [0.2, 0.25) is 0 Å². The van der Waals surface area contributed by atoms with Gasteiger partial charge in [-0.15, -0.1) is 0 Å². The molecule has 0 saturated carbocycles. The fraction of sp³-hybridized carbons (Fsp3) is 0.105. The lowest BCUT2D eigenvalue weighted by Crippen LogP contribution is -2.10. The zero-order valence-corrected chi connectivity index (χ0v) is 14.1. The molecule has 3 aromatic carbocycles. The summed E-state index contributed by atoms with van der Waals surface area (Å²) >= 11 is 0. The van der Waals surface area contributed by atoms with E-state index in [-0.39, 0.29) is 10.5 Å². The number of aryl methyl sites for hydroxylation is 1. The monoisotopic (exact) mass is 340 g/mol. The second kappa shape index (κ2) is 6.09. The van der Waals surface area contributed by atoms with Crippen molar-refractivity contribution >= 4 is 26.6 Å². The number of rotatable bonds is 3. The SMILES string of the molecule is Cc1ccc(C(=O)Oc2ccc3ccccc3c2)cc1S(C)(=O)=O. The second-order valence-electron chi connectivity index (χ2n) is 5.65. The van der Waals surface area contributed by atoms with Crippen molar-refractivity contribution in [1.29, 1.82) is 0 Å². The minimum atomic E-state index is -3.40. The quantitative estimate of drug-likeness (QED) is 0.538. The van der Waals surface area contributed by atoms with E-state index in [2.05, 4.69) is 0 Å². The number of hydrogen-bond donors (Lipinski definition) is 0. The van der Waals surface area contributed by atoms with Crippen LogP contribution < -0.4 is 4.74 Å². The number of hydrogen-bond acceptors (Lipinski definition) is 4. The Bertz CT molecular complexity index is 1040. The van der Waals surface area contributed by atoms with Gasteiger partial charge >= 0.3 is 5.97 Å². The maximum atomic E-state index is 12.3. The maximum absolute atomic E-state index is 12.3. The van der Waals surface area contributed by atoms with Crippen molar-refractivity contribution in [3.63, 3.8) is 0 Å². The zero-order chi connectivity index (χ0) is 17.3. The van der Waals surface area contributed by atoms with Crippen LogP contribution in [0.25, 0.3) is 10.8 Å². The molecule has 0 N–H and O–H groups in total. The van der Waals surface area contributed by atoms with Crippen molar-refractivity contribution in [3.8, 4) is 5.75 Å². The van der Waals surface area contributed by atoms with Gasteiger partial charge in [-0.05, 0) is 47.5 Å². The smallest absolute Gasteiger partial charge is 0.343 e. The van der Waals surface area contributed by atoms with Gasteiger partial charge in [-0.1, -0.05) is 36.4 Å². The molecule has 0 aliphatic heterocycles. The highest BCUT2D eigenvalue weighted by Gasteiger charge is 2.16. The van der Waals surface area contributed by atoms with Crippen LogP contribution in [0, 0.1) is 6.92 Å². The Labute approximate surface area is 140 Å². The van der Waals surface area contributed by atoms with Crippen LogP contribution >= 0.6 is 0 Å². The standard InChI is InChI=1S/C19H16O4S/c1-13-7-8-16(12-18(13)24(2,21)22)19(20)23-17-10-9-14-5-3-4-6-15(14)11-17/h3-12H,1-2H3. The number of fused-ring (bicyclic) bond motifs is 1. The van der Waals surface area contributed by atoms with Gasteiger partial charge in [-0.3, -0.25) is 0 Å². The van der Waals surface area contributed by atoms with Crippen LogP contribution in [0.5, 0.6) is 5.75 Å². The van der Waals surface area contributed by atoms with E-state index in [1.807, 2.05) is 30.3 Å². The Morgan fingerprint density at radius 3 is 2.33 bits per heavy atom. The van der Waals surface area contributed by atoms with Gasteiger partial charge in [0.1, 0.15) is 5.75 Å². The highest BCUT2D eigenvalue weighted by atomic mass is 32.2. The summed E-state index contributed by atoms with van der Waals surface area (Å²) in [6.07, 6.45) is 1.12. The fourth-order valence-corrected chi connectivity index (χ4v) is 3.52. The van der Waals surface area contributed by atoms with Crippen molar-refractivity contribution in [2.45, 2.75) is 11.8 Å². The number of ether oxygens (including phenoxy) is 1. The van der Waals surface area contributed by atoms with Gasteiger partial charge < -0.3 is 4.74 Å². The minimum Gasteiger partial charge on any atom is -0.423 e. The Hall–Kier alpha value is -2.66. The van der Waals surface area contributed by atoms with Crippen molar-refractivity contribution in [3.05, 3.63) is 71.8 Å². The van der Waals surface area contributed by atoms with Gasteiger partial charge in [0, 0.05) is 6.26 Å². The van der Waals surface area contributed by atoms with Crippen LogP contribution in [-0.4, -0.2) is 20.6 Å². The number of carbonyl (C=O) groups excluding carboxylic acids is 1. The molecule has 0 saturated heterocycles. The summed E-state index contributed by atoms with van der Waals surface area (Å²) in [7, 11) is -3.40. The van der Waals surface area contributed by atoms with Gasteiger partial charge in [0.15, 0.2) is 9.84 Å². The van der Waals surface area contributed by atoms with Crippen molar-refractivity contribution in [1.82, 2.24) is 0 Å². The summed E-state index contributed by atoms with van der Waals surface area (Å²) in [5.74, 6) is -0.171. The third-order valence-corrected chi connectivity index (χ3v) is 4.99. The van der Waals surface area contributed by atoms with Gasteiger partial charge in [0.05, 0.1) is 10.5 Å². The first-order valence-electron chi connectivity index (χ1n) is 7.36. The predicted octanol–water partition coefficient (Wildman–Crippen LogP) is 3.77. The molecule has 3 rings (SSSR count).